The molecule has 0 fully saturated rings. The molecule has 0 radical (unpaired) electrons. The predicted octanol–water partition coefficient (Wildman–Crippen LogP) is 1.88. The summed E-state index contributed by atoms with van der Waals surface area (Å²) in [5, 5.41) is 9.82. The summed E-state index contributed by atoms with van der Waals surface area (Å²) in [5.41, 5.74) is -1.57. The topological polar surface area (TPSA) is 110 Å². The molecule has 0 saturated heterocycles. The van der Waals surface area contributed by atoms with E-state index in [1.807, 2.05) is 0 Å². The Morgan fingerprint density at radius 1 is 1.45 bits per heavy atom. The third kappa shape index (κ3) is 2.94. The molecule has 0 bridgehead atoms. The largest absolute Gasteiger partial charge is 0.507 e. The Hall–Kier alpha value is -1.58. The lowest BCUT2D eigenvalue weighted by molar-refractivity contribution is -0.131. The fraction of sp³-hybridized carbons (Fsp3) is 0.182. The van der Waals surface area contributed by atoms with E-state index < -0.39 is 27.3 Å². The highest BCUT2D eigenvalue weighted by Gasteiger charge is 2.31. The molecule has 20 heavy (non-hydrogen) atoms. The van der Waals surface area contributed by atoms with Crippen molar-refractivity contribution in [3.8, 4) is 11.5 Å². The molecule has 1 unspecified atom stereocenters. The Morgan fingerprint density at radius 2 is 2.10 bits per heavy atom. The molecule has 1 atom stereocenters. The number of halogens is 1. The molecule has 1 aromatic carbocycles. The van der Waals surface area contributed by atoms with Crippen molar-refractivity contribution in [2.24, 2.45) is 0 Å². The van der Waals surface area contributed by atoms with E-state index in [1.54, 1.807) is 0 Å². The minimum Gasteiger partial charge on any atom is -0.507 e. The molecule has 1 aliphatic heterocycles. The molecule has 0 saturated carbocycles. The number of carbonyl (C=O) groups is 1. The van der Waals surface area contributed by atoms with Crippen molar-refractivity contribution in [3.63, 3.8) is 0 Å². The van der Waals surface area contributed by atoms with Crippen molar-refractivity contribution in [1.29, 1.82) is 0 Å². The highest BCUT2D eigenvalue weighted by Crippen LogP contribution is 2.40. The number of carbonyl (C=O) groups excluding carboxylic acids is 1. The summed E-state index contributed by atoms with van der Waals surface area (Å²) in [6, 6.07) is 2.69. The number of hydrogen-bond acceptors (Lipinski definition) is 6. The first-order valence-electron chi connectivity index (χ1n) is 5.24. The van der Waals surface area contributed by atoms with Gasteiger partial charge in [0.1, 0.15) is 17.3 Å². The van der Waals surface area contributed by atoms with E-state index in [4.69, 9.17) is 14.0 Å². The van der Waals surface area contributed by atoms with E-state index in [-0.39, 0.29) is 21.5 Å². The molecule has 1 heterocycles. The molecule has 0 aliphatic carbocycles. The number of aliphatic hydroxyl groups excluding tert-OH is 1. The molecule has 108 valence electrons. The number of hydrogen-bond donors (Lipinski definition) is 2. The maximum atomic E-state index is 11.1. The Balaban J connectivity index is 2.51. The van der Waals surface area contributed by atoms with E-state index in [0.29, 0.717) is 0 Å². The van der Waals surface area contributed by atoms with Crippen LogP contribution in [0.1, 0.15) is 12.5 Å². The maximum absolute atomic E-state index is 11.1. The highest BCUT2D eigenvalue weighted by molar-refractivity contribution is 9.10. The molecule has 0 amide bonds. The third-order valence-corrected chi connectivity index (χ3v) is 3.78. The van der Waals surface area contributed by atoms with Crippen LogP contribution < -0.4 is 9.47 Å². The number of aliphatic hydroxyl groups is 1. The molecular formula is C11H9BrO7S. The zero-order chi connectivity index (χ0) is 15.1. The lowest BCUT2D eigenvalue weighted by Crippen LogP contribution is -2.28. The average molecular weight is 365 g/mol. The van der Waals surface area contributed by atoms with Crippen LogP contribution in [-0.4, -0.2) is 29.5 Å². The van der Waals surface area contributed by atoms with Gasteiger partial charge in [0.05, 0.1) is 10.0 Å². The van der Waals surface area contributed by atoms with Crippen molar-refractivity contribution >= 4 is 37.8 Å². The van der Waals surface area contributed by atoms with E-state index in [1.165, 1.54) is 19.1 Å². The van der Waals surface area contributed by atoms with Crippen LogP contribution in [-0.2, 0) is 14.9 Å². The van der Waals surface area contributed by atoms with E-state index in [2.05, 4.69) is 15.9 Å². The van der Waals surface area contributed by atoms with Crippen LogP contribution in [0.5, 0.6) is 11.5 Å². The van der Waals surface area contributed by atoms with Gasteiger partial charge in [0, 0.05) is 13.0 Å². The van der Waals surface area contributed by atoms with Gasteiger partial charge in [-0.25, -0.2) is 0 Å². The molecule has 0 spiro atoms. The minimum absolute atomic E-state index is 0.0172. The quantitative estimate of drug-likeness (QED) is 0.468. The number of esters is 1. The van der Waals surface area contributed by atoms with Crippen LogP contribution in [0.25, 0.3) is 5.76 Å². The standard InChI is InChI=1S/C11H9BrO7S/c1-5(13)18-6-2-7-9(14)4-10(20(15,16)17)19-11(7)8(12)3-6/h2-4,10,14H,1H3,(H,15,16,17). The molecule has 9 heteroatoms. The summed E-state index contributed by atoms with van der Waals surface area (Å²) < 4.78 is 41.3. The smallest absolute Gasteiger partial charge is 0.308 e. The second-order valence-corrected chi connectivity index (χ2v) is 6.28. The van der Waals surface area contributed by atoms with Gasteiger partial charge in [-0.2, -0.15) is 8.42 Å². The second kappa shape index (κ2) is 5.08. The number of ether oxygens (including phenoxy) is 2. The van der Waals surface area contributed by atoms with Crippen molar-refractivity contribution in [1.82, 2.24) is 0 Å². The van der Waals surface area contributed by atoms with E-state index in [9.17, 15) is 18.3 Å². The zero-order valence-electron chi connectivity index (χ0n) is 10.0. The summed E-state index contributed by atoms with van der Waals surface area (Å²) >= 11 is 3.11. The first kappa shape index (κ1) is 14.8. The van der Waals surface area contributed by atoms with Gasteiger partial charge in [-0.1, -0.05) is 0 Å². The minimum atomic E-state index is -4.51. The molecule has 2 N–H and O–H groups in total. The lowest BCUT2D eigenvalue weighted by Gasteiger charge is -2.22. The van der Waals surface area contributed by atoms with Gasteiger partial charge in [0.25, 0.3) is 0 Å². The first-order valence-corrected chi connectivity index (χ1v) is 7.54. The summed E-state index contributed by atoms with van der Waals surface area (Å²) in [4.78, 5) is 10.9. The number of fused-ring (bicyclic) bond motifs is 1. The summed E-state index contributed by atoms with van der Waals surface area (Å²) in [7, 11) is -4.51. The van der Waals surface area contributed by atoms with Crippen molar-refractivity contribution in [2.75, 3.05) is 0 Å². The van der Waals surface area contributed by atoms with Crippen molar-refractivity contribution in [2.45, 2.75) is 12.4 Å². The van der Waals surface area contributed by atoms with Crippen LogP contribution in [0.3, 0.4) is 0 Å². The van der Waals surface area contributed by atoms with Gasteiger partial charge < -0.3 is 14.6 Å². The van der Waals surface area contributed by atoms with E-state index in [0.717, 1.165) is 6.08 Å². The highest BCUT2D eigenvalue weighted by atomic mass is 79.9. The Bertz CT molecular complexity index is 708. The van der Waals surface area contributed by atoms with Gasteiger partial charge in [-0.15, -0.1) is 0 Å². The monoisotopic (exact) mass is 364 g/mol. The molecule has 7 nitrogen and oxygen atoms in total. The van der Waals surface area contributed by atoms with Gasteiger partial charge >= 0.3 is 16.1 Å². The molecule has 1 aromatic rings. The fourth-order valence-electron chi connectivity index (χ4n) is 1.62. The molecule has 2 rings (SSSR count). The lowest BCUT2D eigenvalue weighted by atomic mass is 10.1. The zero-order valence-corrected chi connectivity index (χ0v) is 12.4. The van der Waals surface area contributed by atoms with Gasteiger partial charge in [-0.3, -0.25) is 9.35 Å². The fourth-order valence-corrected chi connectivity index (χ4v) is 2.67. The summed E-state index contributed by atoms with van der Waals surface area (Å²) in [6.45, 7) is 1.22. The molecule has 0 aromatic heterocycles. The maximum Gasteiger partial charge on any atom is 0.308 e. The normalized spacial score (nSPS) is 17.8. The van der Waals surface area contributed by atoms with Crippen LogP contribution >= 0.6 is 15.9 Å². The van der Waals surface area contributed by atoms with Crippen molar-refractivity contribution < 1.29 is 32.3 Å². The Kier molecular flexibility index (Phi) is 3.76. The van der Waals surface area contributed by atoms with E-state index >= 15 is 0 Å². The van der Waals surface area contributed by atoms with Crippen molar-refractivity contribution in [3.05, 3.63) is 28.2 Å². The van der Waals surface area contributed by atoms with Gasteiger partial charge in [-0.05, 0) is 28.1 Å². The van der Waals surface area contributed by atoms with Crippen LogP contribution in [0, 0.1) is 0 Å². The Labute approximate surface area is 122 Å². The molecular weight excluding hydrogens is 356 g/mol. The SMILES string of the molecule is CC(=O)Oc1cc(Br)c2c(c1)C(O)=CC(S(=O)(=O)O)O2. The molecule has 1 aliphatic rings. The first-order chi connectivity index (χ1) is 9.18. The van der Waals surface area contributed by atoms with Crippen LogP contribution in [0.4, 0.5) is 0 Å². The Morgan fingerprint density at radius 3 is 2.65 bits per heavy atom. The van der Waals surface area contributed by atoms with Gasteiger partial charge in [0.15, 0.2) is 0 Å². The third-order valence-electron chi connectivity index (χ3n) is 2.38. The summed E-state index contributed by atoms with van der Waals surface area (Å²) in [6.07, 6.45) is 0.835. The van der Waals surface area contributed by atoms with Crippen LogP contribution in [0.15, 0.2) is 22.7 Å². The number of rotatable bonds is 2. The average Bonchev–Trinajstić information content (AvgIpc) is 2.28. The number of benzene rings is 1. The summed E-state index contributed by atoms with van der Waals surface area (Å²) in [5.74, 6) is -0.794. The van der Waals surface area contributed by atoms with Crippen LogP contribution in [0.2, 0.25) is 0 Å². The predicted molar refractivity (Wildman–Crippen MR) is 72.0 cm³/mol. The second-order valence-electron chi connectivity index (χ2n) is 3.93. The van der Waals surface area contributed by atoms with Gasteiger partial charge in [0.2, 0.25) is 5.44 Å².